The molecule has 2 aliphatic heterocycles. The Bertz CT molecular complexity index is 1810. The third-order valence-electron chi connectivity index (χ3n) is 9.06. The van der Waals surface area contributed by atoms with Crippen LogP contribution in [0.2, 0.25) is 0 Å². The van der Waals surface area contributed by atoms with Crippen LogP contribution < -0.4 is 0 Å². The second kappa shape index (κ2) is 12.5. The summed E-state index contributed by atoms with van der Waals surface area (Å²) >= 11 is 0. The van der Waals surface area contributed by atoms with Crippen LogP contribution in [0.1, 0.15) is 113 Å². The summed E-state index contributed by atoms with van der Waals surface area (Å²) in [6.07, 6.45) is 5.81. The Morgan fingerprint density at radius 3 is 1.52 bits per heavy atom. The molecule has 0 amide bonds. The third kappa shape index (κ3) is 5.24. The molecule has 3 aromatic rings. The van der Waals surface area contributed by atoms with Crippen molar-refractivity contribution < 1.29 is 0 Å². The summed E-state index contributed by atoms with van der Waals surface area (Å²) in [6.45, 7) is 17.9. The highest BCUT2D eigenvalue weighted by Crippen LogP contribution is 2.35. The van der Waals surface area contributed by atoms with E-state index in [1.807, 2.05) is 0 Å². The molecular weight excluding hydrogens is 512 g/mol. The minimum absolute atomic E-state index is 0.949. The van der Waals surface area contributed by atoms with Gasteiger partial charge in [0.2, 0.25) is 0 Å². The SMILES string of the molecule is CCC1=C(C)c2cccc3nc(cccc4[nH]c(cc5[nH]c(cc1n2)c(CC)c5CC)c(CC)c4C)C(CC)=C3CC. The van der Waals surface area contributed by atoms with E-state index in [0.29, 0.717) is 0 Å². The van der Waals surface area contributed by atoms with Gasteiger partial charge in [0.15, 0.2) is 0 Å². The number of aromatic nitrogens is 4. The number of nitrogens with one attached hydrogen (secondary N) is 2. The van der Waals surface area contributed by atoms with Crippen LogP contribution in [-0.2, 0) is 19.3 Å². The van der Waals surface area contributed by atoms with Gasteiger partial charge in [0, 0.05) is 22.1 Å². The van der Waals surface area contributed by atoms with E-state index in [0.717, 1.165) is 66.8 Å². The lowest BCUT2D eigenvalue weighted by molar-refractivity contribution is 1.07. The molecule has 0 aromatic carbocycles. The standard InChI is InChI=1S/C38H46N4/c1-9-25-23(7)31-17-15-19-33-27(11-3)28(12-4)34(41-33)20-16-18-32-24(8)26(10-2)36(40-32)22-38-30(14-6)29(13-5)37(42-38)21-35(25)39-31/h15-22,39,42H,9-14H2,1-8H3. The number of hydrogen-bond donors (Lipinski definition) is 2. The lowest BCUT2D eigenvalue weighted by Gasteiger charge is -2.01. The fourth-order valence-corrected chi connectivity index (χ4v) is 6.84. The van der Waals surface area contributed by atoms with Crippen LogP contribution >= 0.6 is 0 Å². The summed E-state index contributed by atoms with van der Waals surface area (Å²) in [5.74, 6) is 0. The Labute approximate surface area is 251 Å². The highest BCUT2D eigenvalue weighted by atomic mass is 14.8. The monoisotopic (exact) mass is 558 g/mol. The molecule has 8 bridgehead atoms. The van der Waals surface area contributed by atoms with Crippen LogP contribution in [0.4, 0.5) is 0 Å². The first kappa shape index (κ1) is 29.6. The van der Waals surface area contributed by atoms with Crippen molar-refractivity contribution in [2.45, 2.75) is 93.9 Å². The van der Waals surface area contributed by atoms with E-state index in [1.165, 1.54) is 61.1 Å². The molecule has 4 nitrogen and oxygen atoms in total. The molecule has 2 aliphatic rings. The molecular formula is C38H46N4. The zero-order chi connectivity index (χ0) is 30.0. The number of H-pyrrole nitrogens is 2. The second-order valence-corrected chi connectivity index (χ2v) is 11.3. The molecule has 0 fully saturated rings. The number of aromatic amines is 2. The Morgan fingerprint density at radius 2 is 0.952 bits per heavy atom. The van der Waals surface area contributed by atoms with Crippen LogP contribution in [0.3, 0.4) is 0 Å². The lowest BCUT2D eigenvalue weighted by Crippen LogP contribution is -1.86. The fourth-order valence-electron chi connectivity index (χ4n) is 6.84. The molecule has 0 saturated carbocycles. The number of allylic oxidation sites excluding steroid dienone is 4. The molecule has 3 aromatic heterocycles. The van der Waals surface area contributed by atoms with Crippen LogP contribution in [0.5, 0.6) is 0 Å². The topological polar surface area (TPSA) is 57.4 Å². The molecule has 5 heterocycles. The summed E-state index contributed by atoms with van der Waals surface area (Å²) in [7, 11) is 0. The molecule has 0 unspecified atom stereocenters. The minimum atomic E-state index is 0.949. The Hall–Kier alpha value is -3.92. The van der Waals surface area contributed by atoms with Crippen molar-refractivity contribution in [1.29, 1.82) is 0 Å². The average molecular weight is 559 g/mol. The number of rotatable bonds is 6. The van der Waals surface area contributed by atoms with Gasteiger partial charge in [-0.2, -0.15) is 0 Å². The van der Waals surface area contributed by atoms with Gasteiger partial charge in [-0.05, 0) is 133 Å². The molecule has 4 heteroatoms. The second-order valence-electron chi connectivity index (χ2n) is 11.3. The first-order valence-corrected chi connectivity index (χ1v) is 15.9. The van der Waals surface area contributed by atoms with Gasteiger partial charge in [0.25, 0.3) is 0 Å². The predicted octanol–water partition coefficient (Wildman–Crippen LogP) is 10.5. The summed E-state index contributed by atoms with van der Waals surface area (Å²) < 4.78 is 0. The molecule has 42 heavy (non-hydrogen) atoms. The van der Waals surface area contributed by atoms with Crippen molar-refractivity contribution in [3.63, 3.8) is 0 Å². The van der Waals surface area contributed by atoms with Crippen molar-refractivity contribution in [3.05, 3.63) is 93.6 Å². The van der Waals surface area contributed by atoms with Crippen molar-refractivity contribution >= 4 is 44.4 Å². The zero-order valence-electron chi connectivity index (χ0n) is 26.8. The first-order chi connectivity index (χ1) is 20.4. The summed E-state index contributed by atoms with van der Waals surface area (Å²) in [5.41, 5.74) is 19.6. The number of nitrogens with zero attached hydrogens (tertiary/aromatic N) is 2. The summed E-state index contributed by atoms with van der Waals surface area (Å²) in [6, 6.07) is 17.6. The Morgan fingerprint density at radius 1 is 0.476 bits per heavy atom. The van der Waals surface area contributed by atoms with Gasteiger partial charge in [-0.3, -0.25) is 0 Å². The molecule has 0 saturated heterocycles. The maximum absolute atomic E-state index is 5.15. The average Bonchev–Trinajstić information content (AvgIpc) is 3.68. The van der Waals surface area contributed by atoms with E-state index in [1.54, 1.807) is 0 Å². The fraction of sp³-hybridized carbons (Fsp3) is 0.368. The van der Waals surface area contributed by atoms with Gasteiger partial charge in [0.1, 0.15) is 0 Å². The van der Waals surface area contributed by atoms with Crippen molar-refractivity contribution in [2.24, 2.45) is 0 Å². The highest BCUT2D eigenvalue weighted by molar-refractivity contribution is 5.93. The predicted molar refractivity (Wildman–Crippen MR) is 182 cm³/mol. The van der Waals surface area contributed by atoms with E-state index < -0.39 is 0 Å². The van der Waals surface area contributed by atoms with E-state index >= 15 is 0 Å². The smallest absolute Gasteiger partial charge is 0.0693 e. The molecule has 0 spiro atoms. The van der Waals surface area contributed by atoms with Crippen LogP contribution in [-0.4, -0.2) is 19.9 Å². The normalized spacial score (nSPS) is 13.1. The largest absolute Gasteiger partial charge is 0.355 e. The summed E-state index contributed by atoms with van der Waals surface area (Å²) in [4.78, 5) is 17.8. The first-order valence-electron chi connectivity index (χ1n) is 15.9. The zero-order valence-corrected chi connectivity index (χ0v) is 26.8. The van der Waals surface area contributed by atoms with Crippen molar-refractivity contribution in [2.75, 3.05) is 0 Å². The van der Waals surface area contributed by atoms with Gasteiger partial charge >= 0.3 is 0 Å². The van der Waals surface area contributed by atoms with Gasteiger partial charge in [0.05, 0.1) is 22.8 Å². The third-order valence-corrected chi connectivity index (χ3v) is 9.06. The molecule has 2 N–H and O–H groups in total. The quantitative estimate of drug-likeness (QED) is 0.316. The van der Waals surface area contributed by atoms with Crippen LogP contribution in [0.25, 0.3) is 44.4 Å². The van der Waals surface area contributed by atoms with Crippen LogP contribution in [0, 0.1) is 6.92 Å². The van der Waals surface area contributed by atoms with Gasteiger partial charge in [-0.15, -0.1) is 0 Å². The van der Waals surface area contributed by atoms with E-state index in [9.17, 15) is 0 Å². The van der Waals surface area contributed by atoms with E-state index in [4.69, 9.17) is 9.97 Å². The van der Waals surface area contributed by atoms with Gasteiger partial charge < -0.3 is 9.97 Å². The van der Waals surface area contributed by atoms with Gasteiger partial charge in [-0.25, -0.2) is 9.97 Å². The Balaban J connectivity index is 1.92. The van der Waals surface area contributed by atoms with E-state index in [2.05, 4.69) is 114 Å². The van der Waals surface area contributed by atoms with Crippen molar-refractivity contribution in [1.82, 2.24) is 19.9 Å². The molecule has 218 valence electrons. The molecule has 0 atom stereocenters. The van der Waals surface area contributed by atoms with Gasteiger partial charge in [-0.1, -0.05) is 53.7 Å². The maximum atomic E-state index is 5.15. The summed E-state index contributed by atoms with van der Waals surface area (Å²) in [5, 5.41) is 0. The number of fused-ring (bicyclic) bond motifs is 8. The van der Waals surface area contributed by atoms with E-state index in [-0.39, 0.29) is 0 Å². The molecule has 0 aliphatic carbocycles. The van der Waals surface area contributed by atoms with Crippen LogP contribution in [0.15, 0.2) is 48.5 Å². The molecule has 0 radical (unpaired) electrons. The maximum Gasteiger partial charge on any atom is 0.0693 e. The number of hydrogen-bond acceptors (Lipinski definition) is 2. The molecule has 5 rings (SSSR count). The highest BCUT2D eigenvalue weighted by Gasteiger charge is 2.18. The lowest BCUT2D eigenvalue weighted by atomic mass is 10.0. The minimum Gasteiger partial charge on any atom is -0.355 e. The number of aryl methyl sites for hydroxylation is 4. The van der Waals surface area contributed by atoms with Crippen molar-refractivity contribution in [3.8, 4) is 0 Å². The Kier molecular flexibility index (Phi) is 8.82.